The van der Waals surface area contributed by atoms with Gasteiger partial charge >= 0.3 is 0 Å². The lowest BCUT2D eigenvalue weighted by Crippen LogP contribution is -1.81. The highest BCUT2D eigenvalue weighted by atomic mass is 19.1. The Morgan fingerprint density at radius 3 is 2.00 bits per heavy atom. The molecule has 1 aromatic carbocycles. The van der Waals surface area contributed by atoms with E-state index in [-0.39, 0.29) is 0 Å². The summed E-state index contributed by atoms with van der Waals surface area (Å²) in [5, 5.41) is 0. The van der Waals surface area contributed by atoms with Crippen molar-refractivity contribution in [3.8, 4) is 0 Å². The van der Waals surface area contributed by atoms with Crippen LogP contribution in [0.15, 0.2) is 18.2 Å². The number of hydrogen-bond donors (Lipinski definition) is 0. The zero-order valence-corrected chi connectivity index (χ0v) is 6.99. The number of halogens is 2. The SMILES string of the molecule is CC.Cc1ccc(F)cc1F. The van der Waals surface area contributed by atoms with Crippen LogP contribution in [0.25, 0.3) is 0 Å². The van der Waals surface area contributed by atoms with Crippen molar-refractivity contribution in [2.45, 2.75) is 20.8 Å². The van der Waals surface area contributed by atoms with Crippen LogP contribution in [0.2, 0.25) is 0 Å². The van der Waals surface area contributed by atoms with Crippen LogP contribution in [0.4, 0.5) is 8.78 Å². The predicted molar refractivity (Wildman–Crippen MR) is 42.4 cm³/mol. The second-order valence-electron chi connectivity index (χ2n) is 1.89. The van der Waals surface area contributed by atoms with Gasteiger partial charge in [0.1, 0.15) is 11.6 Å². The maximum atomic E-state index is 12.3. The smallest absolute Gasteiger partial charge is 0.129 e. The van der Waals surface area contributed by atoms with Crippen LogP contribution in [0.1, 0.15) is 19.4 Å². The first-order valence-electron chi connectivity index (χ1n) is 3.62. The third kappa shape index (κ3) is 3.12. The molecule has 0 nitrogen and oxygen atoms in total. The van der Waals surface area contributed by atoms with Gasteiger partial charge in [-0.25, -0.2) is 8.78 Å². The van der Waals surface area contributed by atoms with Gasteiger partial charge in [-0.05, 0) is 18.6 Å². The van der Waals surface area contributed by atoms with Crippen molar-refractivity contribution in [1.82, 2.24) is 0 Å². The Hall–Kier alpha value is -0.920. The Morgan fingerprint density at radius 2 is 1.64 bits per heavy atom. The molecule has 0 aromatic heterocycles. The minimum absolute atomic E-state index is 0.469. The quantitative estimate of drug-likeness (QED) is 0.543. The molecular weight excluding hydrogens is 146 g/mol. The van der Waals surface area contributed by atoms with Crippen molar-refractivity contribution in [3.63, 3.8) is 0 Å². The summed E-state index contributed by atoms with van der Waals surface area (Å²) < 4.78 is 24.4. The topological polar surface area (TPSA) is 0 Å². The van der Waals surface area contributed by atoms with Gasteiger partial charge in [0, 0.05) is 6.07 Å². The molecule has 0 N–H and O–H groups in total. The fraction of sp³-hybridized carbons (Fsp3) is 0.333. The van der Waals surface area contributed by atoms with Crippen LogP contribution in [0, 0.1) is 18.6 Å². The number of rotatable bonds is 0. The molecule has 0 saturated heterocycles. The average Bonchev–Trinajstić information content (AvgIpc) is 2.02. The van der Waals surface area contributed by atoms with E-state index in [4.69, 9.17) is 0 Å². The Labute approximate surface area is 65.9 Å². The van der Waals surface area contributed by atoms with Crippen molar-refractivity contribution < 1.29 is 8.78 Å². The van der Waals surface area contributed by atoms with Crippen molar-refractivity contribution in [3.05, 3.63) is 35.4 Å². The first kappa shape index (κ1) is 10.1. The minimum atomic E-state index is -0.530. The predicted octanol–water partition coefficient (Wildman–Crippen LogP) is 3.30. The molecule has 0 amide bonds. The van der Waals surface area contributed by atoms with Gasteiger partial charge in [-0.1, -0.05) is 19.9 Å². The van der Waals surface area contributed by atoms with Crippen molar-refractivity contribution in [1.29, 1.82) is 0 Å². The molecule has 11 heavy (non-hydrogen) atoms. The molecule has 0 bridgehead atoms. The fourth-order valence-electron chi connectivity index (χ4n) is 0.567. The molecule has 0 aliphatic carbocycles. The summed E-state index contributed by atoms with van der Waals surface area (Å²) in [7, 11) is 0. The van der Waals surface area contributed by atoms with E-state index in [1.54, 1.807) is 6.92 Å². The van der Waals surface area contributed by atoms with Crippen LogP contribution in [0.3, 0.4) is 0 Å². The third-order valence-corrected chi connectivity index (χ3v) is 1.13. The van der Waals surface area contributed by atoms with Gasteiger partial charge in [0.05, 0.1) is 0 Å². The molecule has 0 unspecified atom stereocenters. The molecule has 2 heteroatoms. The molecule has 0 aliphatic heterocycles. The van der Waals surface area contributed by atoms with Crippen LogP contribution >= 0.6 is 0 Å². The van der Waals surface area contributed by atoms with Crippen molar-refractivity contribution in [2.24, 2.45) is 0 Å². The van der Waals surface area contributed by atoms with E-state index in [0.717, 1.165) is 6.07 Å². The summed E-state index contributed by atoms with van der Waals surface area (Å²) in [6.07, 6.45) is 0. The summed E-state index contributed by atoms with van der Waals surface area (Å²) in [6.45, 7) is 5.59. The van der Waals surface area contributed by atoms with Gasteiger partial charge in [-0.3, -0.25) is 0 Å². The van der Waals surface area contributed by atoms with Crippen LogP contribution in [-0.4, -0.2) is 0 Å². The van der Waals surface area contributed by atoms with Gasteiger partial charge in [-0.15, -0.1) is 0 Å². The lowest BCUT2D eigenvalue weighted by molar-refractivity contribution is 0.577. The molecule has 1 aromatic rings. The maximum Gasteiger partial charge on any atom is 0.129 e. The normalized spacial score (nSPS) is 8.45. The summed E-state index contributed by atoms with van der Waals surface area (Å²) >= 11 is 0. The minimum Gasteiger partial charge on any atom is -0.207 e. The van der Waals surface area contributed by atoms with Gasteiger partial charge in [0.15, 0.2) is 0 Å². The summed E-state index contributed by atoms with van der Waals surface area (Å²) in [4.78, 5) is 0. The lowest BCUT2D eigenvalue weighted by atomic mass is 10.2. The highest BCUT2D eigenvalue weighted by Crippen LogP contribution is 2.06. The molecule has 0 atom stereocenters. The summed E-state index contributed by atoms with van der Waals surface area (Å²) in [5.41, 5.74) is 0.469. The Balaban J connectivity index is 0.000000461. The second-order valence-corrected chi connectivity index (χ2v) is 1.89. The highest BCUT2D eigenvalue weighted by Gasteiger charge is 1.95. The zero-order valence-electron chi connectivity index (χ0n) is 6.99. The van der Waals surface area contributed by atoms with Gasteiger partial charge in [0.25, 0.3) is 0 Å². The Kier molecular flexibility index (Phi) is 4.42. The molecule has 0 fully saturated rings. The van der Waals surface area contributed by atoms with Gasteiger partial charge in [0.2, 0.25) is 0 Å². The first-order valence-corrected chi connectivity index (χ1v) is 3.62. The van der Waals surface area contributed by atoms with E-state index >= 15 is 0 Å². The largest absolute Gasteiger partial charge is 0.207 e. The van der Waals surface area contributed by atoms with Crippen molar-refractivity contribution in [2.75, 3.05) is 0 Å². The standard InChI is InChI=1S/C7H6F2.C2H6/c1-5-2-3-6(8)4-7(5)9;1-2/h2-4H,1H3;1-2H3. The van der Waals surface area contributed by atoms with E-state index in [9.17, 15) is 8.78 Å². The number of aryl methyl sites for hydroxylation is 1. The monoisotopic (exact) mass is 158 g/mol. The molecule has 0 aliphatic rings. The Morgan fingerprint density at radius 1 is 1.09 bits per heavy atom. The lowest BCUT2D eigenvalue weighted by Gasteiger charge is -1.92. The highest BCUT2D eigenvalue weighted by molar-refractivity contribution is 5.16. The van der Waals surface area contributed by atoms with E-state index in [1.807, 2.05) is 13.8 Å². The average molecular weight is 158 g/mol. The fourth-order valence-corrected chi connectivity index (χ4v) is 0.567. The Bertz CT molecular complexity index is 219. The molecular formula is C9H12F2. The van der Waals surface area contributed by atoms with Crippen molar-refractivity contribution >= 4 is 0 Å². The number of benzene rings is 1. The van der Waals surface area contributed by atoms with Gasteiger partial charge < -0.3 is 0 Å². The van der Waals surface area contributed by atoms with Gasteiger partial charge in [-0.2, -0.15) is 0 Å². The van der Waals surface area contributed by atoms with Crippen LogP contribution < -0.4 is 0 Å². The second kappa shape index (κ2) is 4.83. The summed E-state index contributed by atoms with van der Waals surface area (Å²) in [5.74, 6) is -1.02. The summed E-state index contributed by atoms with van der Waals surface area (Å²) in [6, 6.07) is 3.51. The first-order chi connectivity index (χ1) is 5.20. The molecule has 0 radical (unpaired) electrons. The molecule has 0 heterocycles. The third-order valence-electron chi connectivity index (χ3n) is 1.13. The van der Waals surface area contributed by atoms with Crippen LogP contribution in [0.5, 0.6) is 0 Å². The molecule has 1 rings (SSSR count). The number of hydrogen-bond acceptors (Lipinski definition) is 0. The van der Waals surface area contributed by atoms with E-state index in [0.29, 0.717) is 5.56 Å². The molecule has 0 spiro atoms. The van der Waals surface area contributed by atoms with E-state index in [1.165, 1.54) is 12.1 Å². The van der Waals surface area contributed by atoms with E-state index in [2.05, 4.69) is 0 Å². The molecule has 0 saturated carbocycles. The van der Waals surface area contributed by atoms with E-state index < -0.39 is 11.6 Å². The van der Waals surface area contributed by atoms with Crippen LogP contribution in [-0.2, 0) is 0 Å². The molecule has 62 valence electrons. The maximum absolute atomic E-state index is 12.3. The zero-order chi connectivity index (χ0) is 8.85.